The molecule has 3 atom stereocenters. The average molecular weight is 517 g/mol. The van der Waals surface area contributed by atoms with E-state index in [1.54, 1.807) is 6.07 Å². The van der Waals surface area contributed by atoms with Crippen molar-refractivity contribution >= 4 is 29.2 Å². The summed E-state index contributed by atoms with van der Waals surface area (Å²) < 4.78 is 15.8. The van der Waals surface area contributed by atoms with Gasteiger partial charge in [0.2, 0.25) is 0 Å². The molecule has 3 N–H and O–H groups in total. The van der Waals surface area contributed by atoms with E-state index in [0.29, 0.717) is 28.9 Å². The fourth-order valence-corrected chi connectivity index (χ4v) is 5.04. The number of anilines is 1. The van der Waals surface area contributed by atoms with Gasteiger partial charge in [0.05, 0.1) is 16.3 Å². The van der Waals surface area contributed by atoms with Crippen molar-refractivity contribution in [3.63, 3.8) is 0 Å². The van der Waals surface area contributed by atoms with Gasteiger partial charge in [-0.2, -0.15) is 5.10 Å². The lowest BCUT2D eigenvalue weighted by Crippen LogP contribution is -2.32. The minimum absolute atomic E-state index is 0.113. The minimum Gasteiger partial charge on any atom is -0.347 e. The second kappa shape index (κ2) is 9.42. The van der Waals surface area contributed by atoms with Crippen molar-refractivity contribution in [3.8, 4) is 16.9 Å². The molecular weight excluding hydrogens is 495 g/mol. The topological polar surface area (TPSA) is 101 Å². The monoisotopic (exact) mass is 516 g/mol. The highest BCUT2D eigenvalue weighted by Gasteiger charge is 2.53. The van der Waals surface area contributed by atoms with Crippen LogP contribution < -0.4 is 16.0 Å². The molecule has 2 aromatic heterocycles. The molecule has 1 saturated carbocycles. The second-order valence-corrected chi connectivity index (χ2v) is 9.54. The summed E-state index contributed by atoms with van der Waals surface area (Å²) in [6.07, 6.45) is 1.48. The van der Waals surface area contributed by atoms with E-state index in [1.807, 2.05) is 30.3 Å². The zero-order valence-corrected chi connectivity index (χ0v) is 20.2. The molecule has 2 fully saturated rings. The van der Waals surface area contributed by atoms with Gasteiger partial charge in [-0.25, -0.2) is 9.07 Å². The number of carbonyl (C=O) groups excluding carboxylic acids is 2. The average Bonchev–Trinajstić information content (AvgIpc) is 3.25. The van der Waals surface area contributed by atoms with Gasteiger partial charge >= 0.3 is 0 Å². The van der Waals surface area contributed by atoms with Gasteiger partial charge in [-0.15, -0.1) is 0 Å². The van der Waals surface area contributed by atoms with Gasteiger partial charge in [0.25, 0.3) is 11.8 Å². The predicted octanol–water partition coefficient (Wildman–Crippen LogP) is 3.93. The zero-order chi connectivity index (χ0) is 25.5. The molecule has 1 unspecified atom stereocenters. The first kappa shape index (κ1) is 23.3. The molecule has 2 aliphatic rings. The van der Waals surface area contributed by atoms with Gasteiger partial charge in [-0.1, -0.05) is 35.9 Å². The van der Waals surface area contributed by atoms with Crippen LogP contribution >= 0.6 is 11.6 Å². The number of pyridine rings is 1. The number of carbonyl (C=O) groups is 2. The Labute approximate surface area is 216 Å². The molecule has 6 rings (SSSR count). The number of nitrogens with one attached hydrogen (secondary N) is 3. The van der Waals surface area contributed by atoms with Gasteiger partial charge in [0.1, 0.15) is 17.3 Å². The van der Waals surface area contributed by atoms with Crippen molar-refractivity contribution in [2.24, 2.45) is 11.8 Å². The lowest BCUT2D eigenvalue weighted by Gasteiger charge is -2.11. The summed E-state index contributed by atoms with van der Waals surface area (Å²) in [5.41, 5.74) is 1.51. The zero-order valence-electron chi connectivity index (χ0n) is 19.5. The van der Waals surface area contributed by atoms with Crippen molar-refractivity contribution in [1.82, 2.24) is 25.4 Å². The summed E-state index contributed by atoms with van der Waals surface area (Å²) in [5, 5.41) is 13.9. The Morgan fingerprint density at radius 3 is 2.54 bits per heavy atom. The Bertz CT molecular complexity index is 1500. The first-order valence-corrected chi connectivity index (χ1v) is 12.3. The highest BCUT2D eigenvalue weighted by atomic mass is 35.5. The van der Waals surface area contributed by atoms with Crippen LogP contribution in [-0.4, -0.2) is 45.7 Å². The first-order valence-electron chi connectivity index (χ1n) is 11.9. The van der Waals surface area contributed by atoms with Crippen LogP contribution in [-0.2, 0) is 0 Å². The normalized spacial score (nSPS) is 19.8. The molecule has 1 aliphatic heterocycles. The third-order valence-electron chi connectivity index (χ3n) is 6.82. The smallest absolute Gasteiger partial charge is 0.272 e. The fourth-order valence-electron chi connectivity index (χ4n) is 4.83. The van der Waals surface area contributed by atoms with E-state index in [4.69, 9.17) is 11.6 Å². The molecule has 2 aromatic carbocycles. The Morgan fingerprint density at radius 1 is 1.00 bits per heavy atom. The summed E-state index contributed by atoms with van der Waals surface area (Å²) in [4.78, 5) is 30.4. The molecule has 1 saturated heterocycles. The van der Waals surface area contributed by atoms with Crippen LogP contribution in [0.1, 0.15) is 20.8 Å². The maximum atomic E-state index is 14.3. The van der Waals surface area contributed by atoms with Crippen LogP contribution in [0.5, 0.6) is 0 Å². The Balaban J connectivity index is 1.30. The number of hydrogen-bond acceptors (Lipinski definition) is 5. The number of benzene rings is 2. The number of hydrogen-bond donors (Lipinski definition) is 3. The molecule has 0 radical (unpaired) electrons. The third kappa shape index (κ3) is 4.47. The first-order chi connectivity index (χ1) is 18.0. The molecular formula is C27H22ClFN6O2. The number of piperidine rings is 1. The van der Waals surface area contributed by atoms with Gasteiger partial charge in [-0.05, 0) is 48.2 Å². The second-order valence-electron chi connectivity index (χ2n) is 9.13. The van der Waals surface area contributed by atoms with E-state index < -0.39 is 11.7 Å². The molecule has 4 aromatic rings. The molecule has 10 heteroatoms. The number of halogens is 2. The van der Waals surface area contributed by atoms with Gasteiger partial charge < -0.3 is 16.0 Å². The molecule has 2 amide bonds. The van der Waals surface area contributed by atoms with E-state index in [1.165, 1.54) is 41.2 Å². The van der Waals surface area contributed by atoms with Crippen molar-refractivity contribution < 1.29 is 14.0 Å². The van der Waals surface area contributed by atoms with Gasteiger partial charge in [-0.3, -0.25) is 14.6 Å². The van der Waals surface area contributed by atoms with Crippen LogP contribution in [0.4, 0.5) is 10.2 Å². The number of aromatic nitrogens is 3. The fraction of sp³-hybridized carbons (Fsp3) is 0.185. The lowest BCUT2D eigenvalue weighted by molar-refractivity contribution is 0.0940. The predicted molar refractivity (Wildman–Crippen MR) is 137 cm³/mol. The standard InChI is InChI=1S/C27H22ClFN6O2/c28-20-9-8-15(24-21(29)7-4-10-31-24)11-17(20)26(36)32-23-12-22(34-35(23)16-5-2-1-3-6-16)27(37)33-25-18-13-30-14-19(18)25/h1-12,18-19,25,30H,13-14H2,(H,32,36)(H,33,37)/t18-,19+,25?. The number of rotatable bonds is 6. The lowest BCUT2D eigenvalue weighted by atomic mass is 10.1. The molecule has 0 spiro atoms. The van der Waals surface area contributed by atoms with E-state index in [0.717, 1.165) is 13.1 Å². The van der Waals surface area contributed by atoms with Crippen LogP contribution in [0.3, 0.4) is 0 Å². The maximum absolute atomic E-state index is 14.3. The molecule has 37 heavy (non-hydrogen) atoms. The van der Waals surface area contributed by atoms with Crippen molar-refractivity contribution in [2.45, 2.75) is 6.04 Å². The quantitative estimate of drug-likeness (QED) is 0.360. The van der Waals surface area contributed by atoms with Gasteiger partial charge in [0, 0.05) is 37.0 Å². The number of nitrogens with zero attached hydrogens (tertiary/aromatic N) is 3. The van der Waals surface area contributed by atoms with Crippen molar-refractivity contribution in [3.05, 3.63) is 95.0 Å². The number of para-hydroxylation sites is 1. The highest BCUT2D eigenvalue weighted by Crippen LogP contribution is 2.41. The maximum Gasteiger partial charge on any atom is 0.272 e. The van der Waals surface area contributed by atoms with E-state index in [-0.39, 0.29) is 33.9 Å². The molecule has 186 valence electrons. The SMILES string of the molecule is O=C(NC1[C@H]2CNC[C@@H]12)c1cc(NC(=O)c2cc(-c3ncccc3F)ccc2Cl)n(-c2ccccc2)n1. The van der Waals surface area contributed by atoms with Gasteiger partial charge in [0.15, 0.2) is 5.69 Å². The van der Waals surface area contributed by atoms with E-state index in [9.17, 15) is 14.0 Å². The summed E-state index contributed by atoms with van der Waals surface area (Å²) in [6, 6.07) is 18.2. The molecule has 0 bridgehead atoms. The Morgan fingerprint density at radius 2 is 1.78 bits per heavy atom. The molecule has 1 aliphatic carbocycles. The van der Waals surface area contributed by atoms with Crippen LogP contribution in [0.15, 0.2) is 72.9 Å². The summed E-state index contributed by atoms with van der Waals surface area (Å²) in [6.45, 7) is 1.80. The Kier molecular flexibility index (Phi) is 5.94. The largest absolute Gasteiger partial charge is 0.347 e. The Hall–Kier alpha value is -4.08. The van der Waals surface area contributed by atoms with Crippen molar-refractivity contribution in [1.29, 1.82) is 0 Å². The summed E-state index contributed by atoms with van der Waals surface area (Å²) >= 11 is 6.34. The highest BCUT2D eigenvalue weighted by molar-refractivity contribution is 6.34. The third-order valence-corrected chi connectivity index (χ3v) is 7.15. The number of fused-ring (bicyclic) bond motifs is 1. The minimum atomic E-state index is -0.532. The van der Waals surface area contributed by atoms with E-state index in [2.05, 4.69) is 26.0 Å². The van der Waals surface area contributed by atoms with Crippen LogP contribution in [0, 0.1) is 17.7 Å². The molecule has 8 nitrogen and oxygen atoms in total. The number of amides is 2. The summed E-state index contributed by atoms with van der Waals surface area (Å²) in [5.74, 6) is -0.130. The van der Waals surface area contributed by atoms with E-state index >= 15 is 0 Å². The van der Waals surface area contributed by atoms with Crippen LogP contribution in [0.2, 0.25) is 5.02 Å². The van der Waals surface area contributed by atoms with Crippen LogP contribution in [0.25, 0.3) is 16.9 Å². The molecule has 3 heterocycles. The van der Waals surface area contributed by atoms with Crippen molar-refractivity contribution in [2.75, 3.05) is 18.4 Å². The summed E-state index contributed by atoms with van der Waals surface area (Å²) in [7, 11) is 0.